The van der Waals surface area contributed by atoms with Crippen molar-refractivity contribution in [3.8, 4) is 11.5 Å². The number of rotatable bonds is 6. The number of aromatic hydroxyl groups is 1. The Labute approximate surface area is 139 Å². The van der Waals surface area contributed by atoms with E-state index in [9.17, 15) is 9.90 Å². The van der Waals surface area contributed by atoms with Gasteiger partial charge in [0, 0.05) is 17.0 Å². The molecule has 0 bridgehead atoms. The zero-order chi connectivity index (χ0) is 16.1. The summed E-state index contributed by atoms with van der Waals surface area (Å²) in [5, 5.41) is 10.1. The number of carbonyl (C=O) groups is 1. The lowest BCUT2D eigenvalue weighted by Crippen LogP contribution is -2.05. The summed E-state index contributed by atoms with van der Waals surface area (Å²) in [5.74, 6) is 0.498. The van der Waals surface area contributed by atoms with E-state index in [1.807, 2.05) is 24.3 Å². The molecule has 4 heteroatoms. The highest BCUT2D eigenvalue weighted by Crippen LogP contribution is 2.30. The van der Waals surface area contributed by atoms with Crippen LogP contribution in [0.25, 0.3) is 0 Å². The van der Waals surface area contributed by atoms with Crippen LogP contribution in [0.1, 0.15) is 34.8 Å². The van der Waals surface area contributed by atoms with Crippen molar-refractivity contribution in [3.05, 3.63) is 57.6 Å². The summed E-state index contributed by atoms with van der Waals surface area (Å²) in [4.78, 5) is 12.5. The summed E-state index contributed by atoms with van der Waals surface area (Å²) in [6.07, 6.45) is 2.02. The maximum atomic E-state index is 12.5. The van der Waals surface area contributed by atoms with Crippen molar-refractivity contribution in [2.24, 2.45) is 0 Å². The van der Waals surface area contributed by atoms with E-state index in [1.165, 1.54) is 6.07 Å². The Kier molecular flexibility index (Phi) is 5.61. The number of phenolic OH excluding ortho intramolecular Hbond substituents is 1. The fourth-order valence-electron chi connectivity index (χ4n) is 2.37. The second-order valence-corrected chi connectivity index (χ2v) is 6.07. The molecular formula is C18H19BrO3. The number of Topliss-reactive ketones (excluding diaryl/α,β-unsaturated/α-hetero) is 1. The lowest BCUT2D eigenvalue weighted by atomic mass is 9.98. The molecule has 22 heavy (non-hydrogen) atoms. The molecule has 1 N–H and O–H groups in total. The summed E-state index contributed by atoms with van der Waals surface area (Å²) in [7, 11) is 1.57. The second-order valence-electron chi connectivity index (χ2n) is 5.16. The lowest BCUT2D eigenvalue weighted by molar-refractivity contribution is 0.0990. The summed E-state index contributed by atoms with van der Waals surface area (Å²) in [6.45, 7) is 2.07. The van der Waals surface area contributed by atoms with Gasteiger partial charge in [0.1, 0.15) is 11.5 Å². The molecule has 0 amide bonds. The van der Waals surface area contributed by atoms with E-state index >= 15 is 0 Å². The highest BCUT2D eigenvalue weighted by Gasteiger charge is 2.16. The first-order valence-corrected chi connectivity index (χ1v) is 8.02. The van der Waals surface area contributed by atoms with Gasteiger partial charge in [-0.05, 0) is 35.7 Å². The number of aryl methyl sites for hydroxylation is 1. The van der Waals surface area contributed by atoms with Crippen LogP contribution < -0.4 is 4.74 Å². The van der Waals surface area contributed by atoms with Crippen molar-refractivity contribution in [1.82, 2.24) is 0 Å². The molecule has 0 saturated heterocycles. The van der Waals surface area contributed by atoms with Crippen LogP contribution in [0.2, 0.25) is 0 Å². The Morgan fingerprint density at radius 2 is 1.91 bits per heavy atom. The topological polar surface area (TPSA) is 46.5 Å². The van der Waals surface area contributed by atoms with Crippen molar-refractivity contribution in [2.45, 2.75) is 26.2 Å². The van der Waals surface area contributed by atoms with E-state index in [-0.39, 0.29) is 18.0 Å². The third-order valence-electron chi connectivity index (χ3n) is 3.50. The first kappa shape index (κ1) is 16.6. The molecule has 0 saturated carbocycles. The minimum atomic E-state index is -0.0974. The summed E-state index contributed by atoms with van der Waals surface area (Å²) in [5.41, 5.74) is 2.22. The van der Waals surface area contributed by atoms with Crippen molar-refractivity contribution >= 4 is 21.7 Å². The molecular weight excluding hydrogens is 344 g/mol. The fraction of sp³-hybridized carbons (Fsp3) is 0.278. The maximum absolute atomic E-state index is 12.5. The minimum absolute atomic E-state index is 0.0289. The van der Waals surface area contributed by atoms with Crippen LogP contribution in [-0.4, -0.2) is 18.0 Å². The van der Waals surface area contributed by atoms with Gasteiger partial charge >= 0.3 is 0 Å². The first-order chi connectivity index (χ1) is 10.5. The Balaban J connectivity index is 2.28. The average Bonchev–Trinajstić information content (AvgIpc) is 2.51. The minimum Gasteiger partial charge on any atom is -0.507 e. The largest absolute Gasteiger partial charge is 0.507 e. The summed E-state index contributed by atoms with van der Waals surface area (Å²) < 4.78 is 6.24. The molecule has 116 valence electrons. The predicted molar refractivity (Wildman–Crippen MR) is 90.8 cm³/mol. The number of hydrogen-bond donors (Lipinski definition) is 1. The molecule has 0 aliphatic carbocycles. The van der Waals surface area contributed by atoms with E-state index in [0.29, 0.717) is 11.3 Å². The fourth-order valence-corrected chi connectivity index (χ4v) is 2.64. The van der Waals surface area contributed by atoms with Crippen LogP contribution in [0, 0.1) is 0 Å². The number of phenols is 1. The summed E-state index contributed by atoms with van der Waals surface area (Å²) in [6, 6.07) is 10.9. The first-order valence-electron chi connectivity index (χ1n) is 7.22. The third-order valence-corrected chi connectivity index (χ3v) is 4.03. The molecule has 0 aliphatic heterocycles. The molecule has 2 aromatic carbocycles. The van der Waals surface area contributed by atoms with Crippen molar-refractivity contribution in [2.75, 3.05) is 7.11 Å². The number of hydrogen-bond acceptors (Lipinski definition) is 3. The van der Waals surface area contributed by atoms with E-state index in [2.05, 4.69) is 22.9 Å². The van der Waals surface area contributed by atoms with Gasteiger partial charge in [0.05, 0.1) is 12.7 Å². The molecule has 0 atom stereocenters. The van der Waals surface area contributed by atoms with E-state index in [0.717, 1.165) is 28.4 Å². The average molecular weight is 363 g/mol. The van der Waals surface area contributed by atoms with Gasteiger partial charge in [0.15, 0.2) is 5.78 Å². The second kappa shape index (κ2) is 7.45. The zero-order valence-corrected chi connectivity index (χ0v) is 14.3. The van der Waals surface area contributed by atoms with E-state index in [1.54, 1.807) is 13.2 Å². The number of carbonyl (C=O) groups excluding carboxylic acids is 1. The number of benzene rings is 2. The Morgan fingerprint density at radius 3 is 2.50 bits per heavy atom. The van der Waals surface area contributed by atoms with E-state index in [4.69, 9.17) is 4.74 Å². The monoisotopic (exact) mass is 362 g/mol. The highest BCUT2D eigenvalue weighted by atomic mass is 79.9. The smallest absolute Gasteiger partial charge is 0.170 e. The lowest BCUT2D eigenvalue weighted by Gasteiger charge is -2.12. The molecule has 2 aromatic rings. The molecule has 0 aromatic heterocycles. The van der Waals surface area contributed by atoms with Crippen molar-refractivity contribution in [3.63, 3.8) is 0 Å². The van der Waals surface area contributed by atoms with Gasteiger partial charge < -0.3 is 9.84 Å². The molecule has 0 radical (unpaired) electrons. The Morgan fingerprint density at radius 1 is 1.23 bits per heavy atom. The molecule has 0 aliphatic rings. The van der Waals surface area contributed by atoms with Gasteiger partial charge in [0.25, 0.3) is 0 Å². The van der Waals surface area contributed by atoms with Gasteiger partial charge in [-0.15, -0.1) is 0 Å². The van der Waals surface area contributed by atoms with Crippen molar-refractivity contribution in [1.29, 1.82) is 0 Å². The normalized spacial score (nSPS) is 10.5. The van der Waals surface area contributed by atoms with Crippen molar-refractivity contribution < 1.29 is 14.6 Å². The van der Waals surface area contributed by atoms with Crippen LogP contribution >= 0.6 is 15.9 Å². The number of methoxy groups -OCH3 is 1. The Bertz CT molecular complexity index is 663. The van der Waals surface area contributed by atoms with Gasteiger partial charge in [-0.2, -0.15) is 0 Å². The SMILES string of the molecule is CCCc1cc(C(=O)Cc2ccc(Br)cc2)c(O)cc1OC. The molecule has 3 nitrogen and oxygen atoms in total. The molecule has 0 unspecified atom stereocenters. The quantitative estimate of drug-likeness (QED) is 0.767. The highest BCUT2D eigenvalue weighted by molar-refractivity contribution is 9.10. The van der Waals surface area contributed by atoms with Crippen LogP contribution in [0.15, 0.2) is 40.9 Å². The molecule has 0 fully saturated rings. The molecule has 2 rings (SSSR count). The van der Waals surface area contributed by atoms with Crippen LogP contribution in [0.3, 0.4) is 0 Å². The maximum Gasteiger partial charge on any atom is 0.170 e. The van der Waals surface area contributed by atoms with Gasteiger partial charge in [-0.1, -0.05) is 41.4 Å². The zero-order valence-electron chi connectivity index (χ0n) is 12.7. The summed E-state index contributed by atoms with van der Waals surface area (Å²) >= 11 is 3.37. The standard InChI is InChI=1S/C18H19BrO3/c1-3-4-13-10-15(17(21)11-18(13)22-2)16(20)9-12-5-7-14(19)8-6-12/h5-8,10-11,21H,3-4,9H2,1-2H3. The Hall–Kier alpha value is -1.81. The molecule has 0 heterocycles. The predicted octanol–water partition coefficient (Wildman–Crippen LogP) is 4.54. The molecule has 0 spiro atoms. The third kappa shape index (κ3) is 3.89. The van der Waals surface area contributed by atoms with Gasteiger partial charge in [-0.3, -0.25) is 4.79 Å². The van der Waals surface area contributed by atoms with Gasteiger partial charge in [0.2, 0.25) is 0 Å². The number of halogens is 1. The van der Waals surface area contributed by atoms with E-state index < -0.39 is 0 Å². The number of ether oxygens (including phenoxy) is 1. The number of ketones is 1. The van der Waals surface area contributed by atoms with Crippen LogP contribution in [-0.2, 0) is 12.8 Å². The van der Waals surface area contributed by atoms with Crippen LogP contribution in [0.4, 0.5) is 0 Å². The van der Waals surface area contributed by atoms with Crippen LogP contribution in [0.5, 0.6) is 11.5 Å². The van der Waals surface area contributed by atoms with Gasteiger partial charge in [-0.25, -0.2) is 0 Å².